The molecule has 1 aliphatic rings. The number of ether oxygens (including phenoxy) is 1. The molecule has 0 spiro atoms. The highest BCUT2D eigenvalue weighted by Crippen LogP contribution is 2.38. The van der Waals surface area contributed by atoms with Crippen molar-refractivity contribution < 1.29 is 19.7 Å². The van der Waals surface area contributed by atoms with Crippen LogP contribution in [0.5, 0.6) is 11.5 Å². The van der Waals surface area contributed by atoms with E-state index in [0.29, 0.717) is 29.0 Å². The quantitative estimate of drug-likeness (QED) is 0.880. The van der Waals surface area contributed by atoms with Gasteiger partial charge in [0, 0.05) is 12.0 Å². The van der Waals surface area contributed by atoms with Gasteiger partial charge in [-0.1, -0.05) is 30.3 Å². The number of fused-ring (bicyclic) bond motifs is 2. The van der Waals surface area contributed by atoms with E-state index >= 15 is 0 Å². The zero-order valence-corrected chi connectivity index (χ0v) is 10.7. The second-order valence-electron chi connectivity index (χ2n) is 4.87. The van der Waals surface area contributed by atoms with Crippen LogP contribution < -0.4 is 4.74 Å². The van der Waals surface area contributed by atoms with Gasteiger partial charge in [0.05, 0.1) is 12.5 Å². The summed E-state index contributed by atoms with van der Waals surface area (Å²) in [5.41, 5.74) is 2.29. The van der Waals surface area contributed by atoms with Crippen molar-refractivity contribution in [1.82, 2.24) is 0 Å². The van der Waals surface area contributed by atoms with Crippen LogP contribution in [0.1, 0.15) is 22.8 Å². The lowest BCUT2D eigenvalue weighted by Crippen LogP contribution is -2.03. The summed E-state index contributed by atoms with van der Waals surface area (Å²) >= 11 is 0. The second-order valence-corrected chi connectivity index (χ2v) is 4.87. The first-order valence-corrected chi connectivity index (χ1v) is 6.42. The minimum absolute atomic E-state index is 0.0611. The Kier molecular flexibility index (Phi) is 3.16. The molecule has 1 heterocycles. The highest BCUT2D eigenvalue weighted by molar-refractivity contribution is 5.70. The minimum Gasteiger partial charge on any atom is -0.481 e. The summed E-state index contributed by atoms with van der Waals surface area (Å²) in [4.78, 5) is 10.8. The number of carboxylic acids is 1. The van der Waals surface area contributed by atoms with Gasteiger partial charge < -0.3 is 14.9 Å². The van der Waals surface area contributed by atoms with Crippen molar-refractivity contribution in [2.75, 3.05) is 0 Å². The summed E-state index contributed by atoms with van der Waals surface area (Å²) in [6.45, 7) is 0. The Hall–Kier alpha value is -2.33. The van der Waals surface area contributed by atoms with E-state index in [4.69, 9.17) is 9.84 Å². The molecule has 2 N–H and O–H groups in total. The SMILES string of the molecule is O=C(O)Cc1ccc2c(c1)Oc1ccccc1C[C@H]2O. The highest BCUT2D eigenvalue weighted by Gasteiger charge is 2.22. The second kappa shape index (κ2) is 4.98. The van der Waals surface area contributed by atoms with Crippen molar-refractivity contribution >= 4 is 5.97 Å². The molecule has 0 amide bonds. The van der Waals surface area contributed by atoms with Gasteiger partial charge in [-0.05, 0) is 23.3 Å². The molecule has 2 aromatic carbocycles. The van der Waals surface area contributed by atoms with Crippen LogP contribution in [0.2, 0.25) is 0 Å². The lowest BCUT2D eigenvalue weighted by atomic mass is 10.00. The number of carboxylic acid groups (broad SMARTS) is 1. The van der Waals surface area contributed by atoms with E-state index in [1.54, 1.807) is 18.2 Å². The van der Waals surface area contributed by atoms with Gasteiger partial charge in [-0.3, -0.25) is 4.79 Å². The van der Waals surface area contributed by atoms with Crippen LogP contribution in [0, 0.1) is 0 Å². The van der Waals surface area contributed by atoms with E-state index in [0.717, 1.165) is 5.56 Å². The Bertz CT molecular complexity index is 663. The number of aliphatic hydroxyl groups is 1. The first-order valence-electron chi connectivity index (χ1n) is 6.42. The van der Waals surface area contributed by atoms with Crippen LogP contribution in [-0.2, 0) is 17.6 Å². The predicted octanol–water partition coefficient (Wildman–Crippen LogP) is 2.70. The third-order valence-corrected chi connectivity index (χ3v) is 3.40. The average molecular weight is 270 g/mol. The number of para-hydroxylation sites is 1. The summed E-state index contributed by atoms with van der Waals surface area (Å²) < 4.78 is 5.84. The van der Waals surface area contributed by atoms with Crippen molar-refractivity contribution in [2.45, 2.75) is 18.9 Å². The van der Waals surface area contributed by atoms with E-state index in [2.05, 4.69) is 0 Å². The van der Waals surface area contributed by atoms with Crippen molar-refractivity contribution in [3.63, 3.8) is 0 Å². The van der Waals surface area contributed by atoms with Gasteiger partial charge in [-0.25, -0.2) is 0 Å². The number of hydrogen-bond donors (Lipinski definition) is 2. The fraction of sp³-hybridized carbons (Fsp3) is 0.188. The van der Waals surface area contributed by atoms with Crippen molar-refractivity contribution in [3.8, 4) is 11.5 Å². The maximum absolute atomic E-state index is 10.8. The van der Waals surface area contributed by atoms with E-state index < -0.39 is 12.1 Å². The summed E-state index contributed by atoms with van der Waals surface area (Å²) in [5, 5.41) is 19.1. The number of aliphatic hydroxyl groups excluding tert-OH is 1. The zero-order chi connectivity index (χ0) is 14.1. The Balaban J connectivity index is 2.03. The van der Waals surface area contributed by atoms with Gasteiger partial charge in [-0.2, -0.15) is 0 Å². The molecule has 0 bridgehead atoms. The lowest BCUT2D eigenvalue weighted by Gasteiger charge is -2.12. The number of hydrogen-bond acceptors (Lipinski definition) is 3. The van der Waals surface area contributed by atoms with Crippen LogP contribution in [0.15, 0.2) is 42.5 Å². The predicted molar refractivity (Wildman–Crippen MR) is 73.0 cm³/mol. The lowest BCUT2D eigenvalue weighted by molar-refractivity contribution is -0.136. The molecule has 0 aromatic heterocycles. The van der Waals surface area contributed by atoms with E-state index in [1.165, 1.54) is 0 Å². The first kappa shape index (κ1) is 12.7. The molecule has 0 saturated heterocycles. The molecule has 0 fully saturated rings. The molecule has 4 nitrogen and oxygen atoms in total. The number of rotatable bonds is 2. The molecular formula is C16H14O4. The monoisotopic (exact) mass is 270 g/mol. The fourth-order valence-electron chi connectivity index (χ4n) is 2.44. The standard InChI is InChI=1S/C16H14O4/c17-13-9-11-3-1-2-4-14(11)20-15-7-10(8-16(18)19)5-6-12(13)15/h1-7,13,17H,8-9H2,(H,18,19)/t13-/m1/s1. The Labute approximate surface area is 116 Å². The van der Waals surface area contributed by atoms with Gasteiger partial charge in [0.2, 0.25) is 0 Å². The smallest absolute Gasteiger partial charge is 0.307 e. The van der Waals surface area contributed by atoms with Gasteiger partial charge in [0.25, 0.3) is 0 Å². The summed E-state index contributed by atoms with van der Waals surface area (Å²) in [7, 11) is 0. The van der Waals surface area contributed by atoms with Crippen LogP contribution in [-0.4, -0.2) is 16.2 Å². The maximum atomic E-state index is 10.8. The molecular weight excluding hydrogens is 256 g/mol. The third-order valence-electron chi connectivity index (χ3n) is 3.40. The minimum atomic E-state index is -0.889. The largest absolute Gasteiger partial charge is 0.481 e. The van der Waals surface area contributed by atoms with Gasteiger partial charge in [0.15, 0.2) is 0 Å². The average Bonchev–Trinajstić information content (AvgIpc) is 2.53. The first-order chi connectivity index (χ1) is 9.63. The summed E-state index contributed by atoms with van der Waals surface area (Å²) in [5.74, 6) is 0.346. The van der Waals surface area contributed by atoms with Crippen molar-refractivity contribution in [1.29, 1.82) is 0 Å². The van der Waals surface area contributed by atoms with Crippen LogP contribution in [0.3, 0.4) is 0 Å². The Morgan fingerprint density at radius 2 is 2.00 bits per heavy atom. The van der Waals surface area contributed by atoms with Gasteiger partial charge in [-0.15, -0.1) is 0 Å². The zero-order valence-electron chi connectivity index (χ0n) is 10.7. The van der Waals surface area contributed by atoms with Crippen molar-refractivity contribution in [3.05, 3.63) is 59.2 Å². The topological polar surface area (TPSA) is 66.8 Å². The molecule has 0 aliphatic carbocycles. The van der Waals surface area contributed by atoms with Crippen LogP contribution in [0.25, 0.3) is 0 Å². The molecule has 0 saturated carbocycles. The molecule has 1 atom stereocenters. The van der Waals surface area contributed by atoms with Crippen molar-refractivity contribution in [2.24, 2.45) is 0 Å². The molecule has 3 rings (SSSR count). The van der Waals surface area contributed by atoms with Crippen LogP contribution in [0.4, 0.5) is 0 Å². The Morgan fingerprint density at radius 3 is 2.80 bits per heavy atom. The normalized spacial score (nSPS) is 16.6. The molecule has 0 radical (unpaired) electrons. The van der Waals surface area contributed by atoms with Gasteiger partial charge >= 0.3 is 5.97 Å². The number of aliphatic carboxylic acids is 1. The maximum Gasteiger partial charge on any atom is 0.307 e. The molecule has 102 valence electrons. The third kappa shape index (κ3) is 2.38. The highest BCUT2D eigenvalue weighted by atomic mass is 16.5. The van der Waals surface area contributed by atoms with E-state index in [9.17, 15) is 9.90 Å². The number of carbonyl (C=O) groups is 1. The molecule has 20 heavy (non-hydrogen) atoms. The molecule has 0 unspecified atom stereocenters. The van der Waals surface area contributed by atoms with E-state index in [-0.39, 0.29) is 6.42 Å². The van der Waals surface area contributed by atoms with E-state index in [1.807, 2.05) is 24.3 Å². The van der Waals surface area contributed by atoms with Gasteiger partial charge in [0.1, 0.15) is 11.5 Å². The molecule has 1 aliphatic heterocycles. The molecule has 2 aromatic rings. The summed E-state index contributed by atoms with van der Waals surface area (Å²) in [6, 6.07) is 12.7. The molecule has 4 heteroatoms. The summed E-state index contributed by atoms with van der Waals surface area (Å²) in [6.07, 6.45) is -0.219. The van der Waals surface area contributed by atoms with Crippen LogP contribution >= 0.6 is 0 Å². The fourth-order valence-corrected chi connectivity index (χ4v) is 2.44. The number of benzene rings is 2. The Morgan fingerprint density at radius 1 is 1.20 bits per heavy atom.